The molecule has 0 fully saturated rings. The summed E-state index contributed by atoms with van der Waals surface area (Å²) >= 11 is 0. The predicted molar refractivity (Wildman–Crippen MR) is 246 cm³/mol. The Balaban J connectivity index is 1.08. The number of fused-ring (bicyclic) bond motifs is 14. The largest absolute Gasteiger partial charge is 0.457 e. The Hall–Kier alpha value is -7.39. The highest BCUT2D eigenvalue weighted by Crippen LogP contribution is 2.61. The van der Waals surface area contributed by atoms with Crippen molar-refractivity contribution in [2.24, 2.45) is 0 Å². The summed E-state index contributed by atoms with van der Waals surface area (Å²) in [5.41, 5.74) is 10.8. The average Bonchev–Trinajstić information content (AvgIpc) is 3.83. The summed E-state index contributed by atoms with van der Waals surface area (Å²) < 4.78 is 27.2. The van der Waals surface area contributed by atoms with Gasteiger partial charge in [0.25, 0.3) is 0 Å². The van der Waals surface area contributed by atoms with E-state index in [1.54, 1.807) is 0 Å². The first kappa shape index (κ1) is 33.6. The molecule has 11 aromatic rings. The quantitative estimate of drug-likeness (QED) is 0.167. The Morgan fingerprint density at radius 2 is 0.933 bits per heavy atom. The summed E-state index contributed by atoms with van der Waals surface area (Å²) in [4.78, 5) is 0. The first-order valence-electron chi connectivity index (χ1n) is 20.5. The molecule has 2 aromatic heterocycles. The first-order chi connectivity index (χ1) is 29.7. The molecule has 60 heavy (non-hydrogen) atoms. The van der Waals surface area contributed by atoms with Gasteiger partial charge >= 0.3 is 0 Å². The molecule has 4 nitrogen and oxygen atoms in total. The van der Waals surface area contributed by atoms with E-state index < -0.39 is 12.6 Å². The van der Waals surface area contributed by atoms with Gasteiger partial charge in [-0.15, -0.1) is 0 Å². The maximum atomic E-state index is 15.3. The molecular formula is C55H35N2O2P. The van der Waals surface area contributed by atoms with Crippen LogP contribution in [0.1, 0.15) is 22.3 Å². The summed E-state index contributed by atoms with van der Waals surface area (Å²) in [7, 11) is -3.14. The fourth-order valence-electron chi connectivity index (χ4n) is 10.6. The van der Waals surface area contributed by atoms with Crippen LogP contribution in [0.3, 0.4) is 0 Å². The third kappa shape index (κ3) is 4.28. The molecule has 0 amide bonds. The summed E-state index contributed by atoms with van der Waals surface area (Å²) in [6.45, 7) is 0. The molecule has 13 rings (SSSR count). The van der Waals surface area contributed by atoms with Gasteiger partial charge in [-0.3, -0.25) is 0 Å². The van der Waals surface area contributed by atoms with Crippen LogP contribution < -0.4 is 20.7 Å². The standard InChI is InChI=1S/C55H35N2O2P/c58-60(37-16-3-1-4-17-37,38-18-5-2-6-19-38)39-32-30-36(31-33-39)56-48-26-11-8-21-41(48)43-34-47-53(35-51(43)56)59-52-29-14-10-24-45(52)55(47)44-23-9-13-28-50(44)57-49-27-12-7-20-40(49)42-22-15-25-46(55)54(42)57/h1-35H. The van der Waals surface area contributed by atoms with Crippen molar-refractivity contribution in [2.75, 3.05) is 0 Å². The number of aromatic nitrogens is 2. The summed E-state index contributed by atoms with van der Waals surface area (Å²) in [5, 5.41) is 7.22. The van der Waals surface area contributed by atoms with E-state index in [1.807, 2.05) is 60.7 Å². The number of nitrogens with zero attached hydrogens (tertiary/aromatic N) is 2. The highest BCUT2D eigenvalue weighted by Gasteiger charge is 2.50. The van der Waals surface area contributed by atoms with Crippen molar-refractivity contribution in [3.63, 3.8) is 0 Å². The zero-order chi connectivity index (χ0) is 39.6. The lowest BCUT2D eigenvalue weighted by Gasteiger charge is -2.45. The Kier molecular flexibility index (Phi) is 6.89. The summed E-state index contributed by atoms with van der Waals surface area (Å²) in [6, 6.07) is 74.5. The van der Waals surface area contributed by atoms with Gasteiger partial charge in [-0.25, -0.2) is 0 Å². The second kappa shape index (κ2) is 12.3. The van der Waals surface area contributed by atoms with Crippen LogP contribution in [-0.4, -0.2) is 9.13 Å². The molecule has 282 valence electrons. The summed E-state index contributed by atoms with van der Waals surface area (Å²) in [6.07, 6.45) is 0. The third-order valence-corrected chi connectivity index (χ3v) is 16.1. The minimum Gasteiger partial charge on any atom is -0.457 e. The minimum atomic E-state index is -3.14. The van der Waals surface area contributed by atoms with Crippen molar-refractivity contribution in [2.45, 2.75) is 5.41 Å². The Morgan fingerprint density at radius 1 is 0.383 bits per heavy atom. The Labute approximate surface area is 346 Å². The number of hydrogen-bond donors (Lipinski definition) is 0. The van der Waals surface area contributed by atoms with Crippen molar-refractivity contribution in [3.05, 3.63) is 235 Å². The normalized spacial score (nSPS) is 15.3. The van der Waals surface area contributed by atoms with Gasteiger partial charge < -0.3 is 18.4 Å². The minimum absolute atomic E-state index is 0.667. The van der Waals surface area contributed by atoms with E-state index in [4.69, 9.17) is 4.74 Å². The molecule has 0 aliphatic carbocycles. The molecule has 9 aromatic carbocycles. The van der Waals surface area contributed by atoms with Crippen molar-refractivity contribution in [1.82, 2.24) is 9.13 Å². The van der Waals surface area contributed by atoms with E-state index in [0.29, 0.717) is 0 Å². The van der Waals surface area contributed by atoms with E-state index in [-0.39, 0.29) is 0 Å². The van der Waals surface area contributed by atoms with Gasteiger partial charge in [0, 0.05) is 60.3 Å². The average molecular weight is 787 g/mol. The molecule has 1 atom stereocenters. The zero-order valence-electron chi connectivity index (χ0n) is 32.4. The van der Waals surface area contributed by atoms with E-state index in [2.05, 4.69) is 161 Å². The molecule has 1 spiro atoms. The smallest absolute Gasteiger partial charge is 0.171 e. The van der Waals surface area contributed by atoms with Crippen LogP contribution in [0.4, 0.5) is 0 Å². The lowest BCUT2D eigenvalue weighted by molar-refractivity contribution is 0.434. The molecule has 2 aliphatic heterocycles. The van der Waals surface area contributed by atoms with Crippen molar-refractivity contribution < 1.29 is 9.30 Å². The van der Waals surface area contributed by atoms with Crippen LogP contribution in [0.15, 0.2) is 212 Å². The number of benzene rings is 9. The van der Waals surface area contributed by atoms with Gasteiger partial charge in [-0.1, -0.05) is 152 Å². The maximum absolute atomic E-state index is 15.3. The molecule has 1 unspecified atom stereocenters. The van der Waals surface area contributed by atoms with Crippen LogP contribution in [0.2, 0.25) is 0 Å². The van der Waals surface area contributed by atoms with E-state index >= 15 is 4.57 Å². The topological polar surface area (TPSA) is 36.2 Å². The number of para-hydroxylation sites is 5. The molecule has 0 N–H and O–H groups in total. The Bertz CT molecular complexity index is 3560. The van der Waals surface area contributed by atoms with Crippen LogP contribution in [0.5, 0.6) is 11.5 Å². The fourth-order valence-corrected chi connectivity index (χ4v) is 13.2. The second-order valence-electron chi connectivity index (χ2n) is 15.9. The molecular weight excluding hydrogens is 752 g/mol. The summed E-state index contributed by atoms with van der Waals surface area (Å²) in [5.74, 6) is 1.68. The molecule has 5 heteroatoms. The van der Waals surface area contributed by atoms with Gasteiger partial charge in [0.2, 0.25) is 0 Å². The Morgan fingerprint density at radius 3 is 1.67 bits per heavy atom. The van der Waals surface area contributed by atoms with Crippen LogP contribution in [0, 0.1) is 0 Å². The second-order valence-corrected chi connectivity index (χ2v) is 18.7. The lowest BCUT2D eigenvalue weighted by Crippen LogP contribution is -2.37. The van der Waals surface area contributed by atoms with E-state index in [1.165, 1.54) is 38.6 Å². The molecule has 0 saturated carbocycles. The van der Waals surface area contributed by atoms with Crippen molar-refractivity contribution >= 4 is 66.7 Å². The monoisotopic (exact) mass is 786 g/mol. The number of rotatable bonds is 4. The highest BCUT2D eigenvalue weighted by atomic mass is 31.2. The molecule has 0 saturated heterocycles. The SMILES string of the molecule is O=P(c1ccccc1)(c1ccccc1)c1ccc(-n2c3ccccc3c3cc4c(cc32)Oc2ccccc2C42c3ccccc3-n3c4ccccc4c4cccc2c43)cc1. The zero-order valence-corrected chi connectivity index (χ0v) is 33.3. The number of ether oxygens (including phenoxy) is 1. The van der Waals surface area contributed by atoms with Crippen molar-refractivity contribution in [1.29, 1.82) is 0 Å². The van der Waals surface area contributed by atoms with Gasteiger partial charge in [0.15, 0.2) is 7.14 Å². The maximum Gasteiger partial charge on any atom is 0.171 e. The lowest BCUT2D eigenvalue weighted by atomic mass is 9.61. The van der Waals surface area contributed by atoms with Gasteiger partial charge in [0.05, 0.1) is 33.2 Å². The molecule has 4 heterocycles. The third-order valence-electron chi connectivity index (χ3n) is 13.0. The highest BCUT2D eigenvalue weighted by molar-refractivity contribution is 7.85. The van der Waals surface area contributed by atoms with Gasteiger partial charge in [-0.2, -0.15) is 0 Å². The molecule has 0 radical (unpaired) electrons. The first-order valence-corrected chi connectivity index (χ1v) is 22.2. The van der Waals surface area contributed by atoms with E-state index in [0.717, 1.165) is 66.0 Å². The van der Waals surface area contributed by atoms with Crippen LogP contribution in [-0.2, 0) is 9.98 Å². The van der Waals surface area contributed by atoms with Crippen molar-refractivity contribution in [3.8, 4) is 22.9 Å². The van der Waals surface area contributed by atoms with Gasteiger partial charge in [0.1, 0.15) is 11.5 Å². The number of hydrogen-bond acceptors (Lipinski definition) is 2. The molecule has 0 bridgehead atoms. The van der Waals surface area contributed by atoms with Crippen LogP contribution in [0.25, 0.3) is 55.0 Å². The molecule has 2 aliphatic rings. The fraction of sp³-hybridized carbons (Fsp3) is 0.0182. The van der Waals surface area contributed by atoms with Gasteiger partial charge in [-0.05, 0) is 65.7 Å². The predicted octanol–water partition coefficient (Wildman–Crippen LogP) is 12.3. The van der Waals surface area contributed by atoms with E-state index in [9.17, 15) is 0 Å². The van der Waals surface area contributed by atoms with Crippen LogP contribution >= 0.6 is 7.14 Å².